The van der Waals surface area contributed by atoms with Crippen molar-refractivity contribution >= 4 is 16.9 Å². The highest BCUT2D eigenvalue weighted by molar-refractivity contribution is 5.85. The van der Waals surface area contributed by atoms with E-state index in [0.717, 1.165) is 43.7 Å². The Labute approximate surface area is 194 Å². The van der Waals surface area contributed by atoms with Crippen LogP contribution < -0.4 is 5.32 Å². The number of aromatic amines is 1. The second kappa shape index (κ2) is 9.14. The number of hydrogen-bond donors (Lipinski definition) is 2. The van der Waals surface area contributed by atoms with Gasteiger partial charge in [-0.15, -0.1) is 0 Å². The third-order valence-corrected chi connectivity index (χ3v) is 7.03. The van der Waals surface area contributed by atoms with Gasteiger partial charge in [-0.2, -0.15) is 0 Å². The maximum absolute atomic E-state index is 12.4. The van der Waals surface area contributed by atoms with Crippen molar-refractivity contribution in [2.24, 2.45) is 0 Å². The first-order valence-electron chi connectivity index (χ1n) is 12.0. The van der Waals surface area contributed by atoms with Gasteiger partial charge in [-0.05, 0) is 37.8 Å². The maximum Gasteiger partial charge on any atom is 0.222 e. The molecule has 2 aliphatic heterocycles. The van der Waals surface area contributed by atoms with Crippen molar-refractivity contribution in [3.05, 3.63) is 65.8 Å². The summed E-state index contributed by atoms with van der Waals surface area (Å²) in [7, 11) is 0. The van der Waals surface area contributed by atoms with Crippen LogP contribution in [-0.2, 0) is 6.42 Å². The van der Waals surface area contributed by atoms with Gasteiger partial charge in [0, 0.05) is 65.9 Å². The molecule has 174 valence electrons. The van der Waals surface area contributed by atoms with E-state index in [1.807, 2.05) is 12.4 Å². The van der Waals surface area contributed by atoms with Crippen molar-refractivity contribution in [1.29, 1.82) is 0 Å². The minimum Gasteiger partial charge on any atom is -0.360 e. The van der Waals surface area contributed by atoms with Gasteiger partial charge in [0.1, 0.15) is 0 Å². The van der Waals surface area contributed by atoms with E-state index >= 15 is 0 Å². The number of nitrogens with zero attached hydrogens (tertiary/aromatic N) is 4. The lowest BCUT2D eigenvalue weighted by Gasteiger charge is -2.43. The molecule has 1 saturated heterocycles. The van der Waals surface area contributed by atoms with Crippen LogP contribution >= 0.6 is 0 Å². The first kappa shape index (κ1) is 21.9. The van der Waals surface area contributed by atoms with Gasteiger partial charge in [0.25, 0.3) is 0 Å². The fourth-order valence-corrected chi connectivity index (χ4v) is 5.33. The normalized spacial score (nSPS) is 21.1. The van der Waals surface area contributed by atoms with Crippen LogP contribution in [0.25, 0.3) is 10.9 Å². The largest absolute Gasteiger partial charge is 0.360 e. The second-order valence-corrected chi connectivity index (χ2v) is 9.33. The Morgan fingerprint density at radius 2 is 2.00 bits per heavy atom. The standard InChI is InChI=1S/C26H33FN6/c1-4-17(2)33-18(3)12-22-21-8-5-6-9-23(21)31-24(22)25(33)19-13-28-26(29-14-19)30-20-15-32(16-20)11-7-10-27/h5-6,8-9,13-14,18,20,25,31H,2,4,7,10-12,15-16H2,1,3H3,(H,28,29,30)/t18-,25-/m1/s1. The first-order valence-corrected chi connectivity index (χ1v) is 12.0. The van der Waals surface area contributed by atoms with E-state index in [1.54, 1.807) is 0 Å². The number of benzene rings is 1. The molecule has 0 bridgehead atoms. The molecule has 0 radical (unpaired) electrons. The summed E-state index contributed by atoms with van der Waals surface area (Å²) in [6.45, 7) is 11.2. The molecule has 2 atom stereocenters. The molecule has 6 nitrogen and oxygen atoms in total. The highest BCUT2D eigenvalue weighted by Gasteiger charge is 2.36. The Balaban J connectivity index is 1.41. The van der Waals surface area contributed by atoms with Crippen LogP contribution in [-0.4, -0.2) is 63.1 Å². The van der Waals surface area contributed by atoms with Crippen molar-refractivity contribution in [3.8, 4) is 0 Å². The van der Waals surface area contributed by atoms with Crippen LogP contribution in [0.5, 0.6) is 0 Å². The van der Waals surface area contributed by atoms with E-state index in [4.69, 9.17) is 0 Å². The Morgan fingerprint density at radius 3 is 2.73 bits per heavy atom. The molecule has 2 N–H and O–H groups in total. The molecular formula is C26H33FN6. The fourth-order valence-electron chi connectivity index (χ4n) is 5.33. The molecule has 33 heavy (non-hydrogen) atoms. The number of alkyl halides is 1. The van der Waals surface area contributed by atoms with Crippen molar-refractivity contribution in [1.82, 2.24) is 24.8 Å². The summed E-state index contributed by atoms with van der Waals surface area (Å²) in [6.07, 6.45) is 6.38. The number of rotatable bonds is 8. The summed E-state index contributed by atoms with van der Waals surface area (Å²) in [4.78, 5) is 17.7. The van der Waals surface area contributed by atoms with E-state index in [9.17, 15) is 4.39 Å². The number of nitrogens with one attached hydrogen (secondary N) is 2. The summed E-state index contributed by atoms with van der Waals surface area (Å²) < 4.78 is 12.4. The number of H-pyrrole nitrogens is 1. The van der Waals surface area contributed by atoms with Crippen LogP contribution in [0.3, 0.4) is 0 Å². The number of likely N-dealkylation sites (tertiary alicyclic amines) is 1. The number of allylic oxidation sites excluding steroid dienone is 1. The summed E-state index contributed by atoms with van der Waals surface area (Å²) >= 11 is 0. The van der Waals surface area contributed by atoms with Gasteiger partial charge in [0.05, 0.1) is 18.8 Å². The van der Waals surface area contributed by atoms with Crippen LogP contribution in [0.15, 0.2) is 48.9 Å². The SMILES string of the molecule is C=C(CC)N1[C@H](c2cnc(NC3CN(CCCF)C3)nc2)c2[nH]c3ccccc3c2C[C@H]1C. The summed E-state index contributed by atoms with van der Waals surface area (Å²) in [6, 6.07) is 9.20. The van der Waals surface area contributed by atoms with E-state index in [0.29, 0.717) is 24.5 Å². The quantitative estimate of drug-likeness (QED) is 0.524. The number of fused-ring (bicyclic) bond motifs is 3. The molecular weight excluding hydrogens is 415 g/mol. The zero-order valence-corrected chi connectivity index (χ0v) is 19.5. The van der Waals surface area contributed by atoms with Crippen LogP contribution in [0, 0.1) is 0 Å². The van der Waals surface area contributed by atoms with Gasteiger partial charge in [0.15, 0.2) is 0 Å². The van der Waals surface area contributed by atoms with Crippen molar-refractivity contribution in [2.45, 2.75) is 51.2 Å². The van der Waals surface area contributed by atoms with E-state index in [-0.39, 0.29) is 12.7 Å². The van der Waals surface area contributed by atoms with Gasteiger partial charge < -0.3 is 15.2 Å². The van der Waals surface area contributed by atoms with Crippen molar-refractivity contribution in [3.63, 3.8) is 0 Å². The van der Waals surface area contributed by atoms with Gasteiger partial charge in [-0.1, -0.05) is 31.7 Å². The third-order valence-electron chi connectivity index (χ3n) is 7.03. The summed E-state index contributed by atoms with van der Waals surface area (Å²) in [5.41, 5.74) is 5.96. The molecule has 2 aromatic heterocycles. The first-order chi connectivity index (χ1) is 16.1. The third kappa shape index (κ3) is 4.10. The highest BCUT2D eigenvalue weighted by atomic mass is 19.1. The second-order valence-electron chi connectivity index (χ2n) is 9.33. The van der Waals surface area contributed by atoms with Crippen LogP contribution in [0.4, 0.5) is 10.3 Å². The lowest BCUT2D eigenvalue weighted by atomic mass is 9.89. The van der Waals surface area contributed by atoms with E-state index in [2.05, 4.69) is 74.8 Å². The van der Waals surface area contributed by atoms with E-state index < -0.39 is 0 Å². The number of aromatic nitrogens is 3. The zero-order chi connectivity index (χ0) is 22.9. The number of para-hydroxylation sites is 1. The molecule has 0 amide bonds. The molecule has 2 aliphatic rings. The molecule has 0 spiro atoms. The molecule has 3 aromatic rings. The molecule has 1 fully saturated rings. The average Bonchev–Trinajstić information content (AvgIpc) is 3.17. The fraction of sp³-hybridized carbons (Fsp3) is 0.462. The summed E-state index contributed by atoms with van der Waals surface area (Å²) in [5.74, 6) is 0.649. The van der Waals surface area contributed by atoms with Gasteiger partial charge in [-0.25, -0.2) is 9.97 Å². The van der Waals surface area contributed by atoms with Crippen LogP contribution in [0.1, 0.15) is 49.6 Å². The minimum absolute atomic E-state index is 0.0116. The minimum atomic E-state index is -0.251. The lowest BCUT2D eigenvalue weighted by Crippen LogP contribution is -2.55. The predicted octanol–water partition coefficient (Wildman–Crippen LogP) is 4.67. The Hall–Kier alpha value is -2.93. The average molecular weight is 449 g/mol. The molecule has 5 rings (SSSR count). The van der Waals surface area contributed by atoms with Gasteiger partial charge >= 0.3 is 0 Å². The Morgan fingerprint density at radius 1 is 1.24 bits per heavy atom. The zero-order valence-electron chi connectivity index (χ0n) is 19.5. The van der Waals surface area contributed by atoms with Crippen molar-refractivity contribution in [2.75, 3.05) is 31.6 Å². The molecule has 0 unspecified atom stereocenters. The molecule has 4 heterocycles. The Bertz CT molecular complexity index is 1120. The number of hydrogen-bond acceptors (Lipinski definition) is 5. The predicted molar refractivity (Wildman–Crippen MR) is 131 cm³/mol. The monoisotopic (exact) mass is 448 g/mol. The maximum atomic E-state index is 12.4. The van der Waals surface area contributed by atoms with E-state index in [1.165, 1.54) is 22.2 Å². The van der Waals surface area contributed by atoms with Crippen LogP contribution in [0.2, 0.25) is 0 Å². The Kier molecular flexibility index (Phi) is 6.06. The topological polar surface area (TPSA) is 60.1 Å². The molecule has 0 saturated carbocycles. The molecule has 0 aliphatic carbocycles. The highest BCUT2D eigenvalue weighted by Crippen LogP contribution is 2.42. The number of halogens is 1. The van der Waals surface area contributed by atoms with Gasteiger partial charge in [0.2, 0.25) is 5.95 Å². The molecule has 1 aromatic carbocycles. The lowest BCUT2D eigenvalue weighted by molar-refractivity contribution is 0.155. The number of anilines is 1. The van der Waals surface area contributed by atoms with Gasteiger partial charge in [-0.3, -0.25) is 9.29 Å². The van der Waals surface area contributed by atoms with Crippen molar-refractivity contribution < 1.29 is 4.39 Å². The summed E-state index contributed by atoms with van der Waals surface area (Å²) in [5, 5.41) is 4.71. The molecule has 7 heteroatoms. The smallest absolute Gasteiger partial charge is 0.222 e.